The minimum atomic E-state index is -0.548. The molecule has 0 unspecified atom stereocenters. The molecule has 31 heavy (non-hydrogen) atoms. The molecule has 0 fully saturated rings. The van der Waals surface area contributed by atoms with Gasteiger partial charge in [-0.2, -0.15) is 0 Å². The summed E-state index contributed by atoms with van der Waals surface area (Å²) in [6.45, 7) is 3.93. The Morgan fingerprint density at radius 2 is 1.71 bits per heavy atom. The number of nitrogens with one attached hydrogen (secondary N) is 1. The molecule has 3 aromatic rings. The van der Waals surface area contributed by atoms with Gasteiger partial charge in [-0.15, -0.1) is 11.3 Å². The second-order valence-electron chi connectivity index (χ2n) is 7.12. The molecule has 0 aliphatic carbocycles. The first-order valence-electron chi connectivity index (χ1n) is 9.66. The number of ether oxygens (including phenoxy) is 1. The summed E-state index contributed by atoms with van der Waals surface area (Å²) in [4.78, 5) is 37.3. The van der Waals surface area contributed by atoms with Crippen molar-refractivity contribution in [1.29, 1.82) is 0 Å². The van der Waals surface area contributed by atoms with Crippen LogP contribution in [0.3, 0.4) is 0 Å². The SMILES string of the molecule is COC(=O)c1c(-c2ccc(Cl)cc2)csc1NC(=O)CCC(=O)c1ccc(C)c(C)c1. The van der Waals surface area contributed by atoms with Crippen LogP contribution >= 0.6 is 22.9 Å². The van der Waals surface area contributed by atoms with Crippen molar-refractivity contribution < 1.29 is 19.1 Å². The van der Waals surface area contributed by atoms with E-state index in [0.717, 1.165) is 16.7 Å². The average Bonchev–Trinajstić information content (AvgIpc) is 3.17. The summed E-state index contributed by atoms with van der Waals surface area (Å²) in [5.41, 5.74) is 4.45. The summed E-state index contributed by atoms with van der Waals surface area (Å²) in [6.07, 6.45) is 0.0951. The van der Waals surface area contributed by atoms with Crippen molar-refractivity contribution in [3.05, 3.63) is 75.1 Å². The third kappa shape index (κ3) is 5.40. The van der Waals surface area contributed by atoms with E-state index in [-0.39, 0.29) is 30.1 Å². The fourth-order valence-corrected chi connectivity index (χ4v) is 4.17. The fraction of sp³-hybridized carbons (Fsp3) is 0.208. The first-order valence-corrected chi connectivity index (χ1v) is 10.9. The van der Waals surface area contributed by atoms with E-state index in [2.05, 4.69) is 5.32 Å². The van der Waals surface area contributed by atoms with Crippen LogP contribution in [0.1, 0.15) is 44.7 Å². The van der Waals surface area contributed by atoms with Crippen molar-refractivity contribution >= 4 is 45.6 Å². The van der Waals surface area contributed by atoms with Crippen LogP contribution in [0.4, 0.5) is 5.00 Å². The van der Waals surface area contributed by atoms with Crippen LogP contribution in [0.5, 0.6) is 0 Å². The Kier molecular flexibility index (Phi) is 7.25. The Morgan fingerprint density at radius 1 is 1.00 bits per heavy atom. The van der Waals surface area contributed by atoms with E-state index >= 15 is 0 Å². The van der Waals surface area contributed by atoms with E-state index < -0.39 is 5.97 Å². The van der Waals surface area contributed by atoms with E-state index in [1.807, 2.05) is 26.0 Å². The van der Waals surface area contributed by atoms with Gasteiger partial charge in [0.2, 0.25) is 5.91 Å². The number of carbonyl (C=O) groups is 3. The van der Waals surface area contributed by atoms with Crippen molar-refractivity contribution in [2.75, 3.05) is 12.4 Å². The van der Waals surface area contributed by atoms with Crippen molar-refractivity contribution in [1.82, 2.24) is 0 Å². The highest BCUT2D eigenvalue weighted by atomic mass is 35.5. The second kappa shape index (κ2) is 9.90. The quantitative estimate of drug-likeness (QED) is 0.346. The standard InChI is InChI=1S/C24H22ClNO4S/c1-14-4-5-17(12-15(14)2)20(27)10-11-21(28)26-23-22(24(29)30-3)19(13-31-23)16-6-8-18(25)9-7-16/h4-9,12-13H,10-11H2,1-3H3,(H,26,28). The van der Waals surface area contributed by atoms with Crippen molar-refractivity contribution in [3.8, 4) is 11.1 Å². The largest absolute Gasteiger partial charge is 0.465 e. The van der Waals surface area contributed by atoms with Crippen LogP contribution in [-0.4, -0.2) is 24.8 Å². The van der Waals surface area contributed by atoms with E-state index in [9.17, 15) is 14.4 Å². The van der Waals surface area contributed by atoms with Gasteiger partial charge in [0.1, 0.15) is 10.6 Å². The first-order chi connectivity index (χ1) is 14.8. The van der Waals surface area contributed by atoms with Gasteiger partial charge in [-0.25, -0.2) is 4.79 Å². The Balaban J connectivity index is 1.73. The normalized spacial score (nSPS) is 10.6. The molecule has 1 aromatic heterocycles. The van der Waals surface area contributed by atoms with Gasteiger partial charge in [-0.3, -0.25) is 9.59 Å². The molecule has 1 N–H and O–H groups in total. The Labute approximate surface area is 190 Å². The van der Waals surface area contributed by atoms with Crippen LogP contribution in [0, 0.1) is 13.8 Å². The zero-order chi connectivity index (χ0) is 22.5. The van der Waals surface area contributed by atoms with Gasteiger partial charge in [0.05, 0.1) is 7.11 Å². The highest BCUT2D eigenvalue weighted by Crippen LogP contribution is 2.36. The van der Waals surface area contributed by atoms with Gasteiger partial charge >= 0.3 is 5.97 Å². The van der Waals surface area contributed by atoms with Gasteiger partial charge in [-0.05, 0) is 48.7 Å². The second-order valence-corrected chi connectivity index (χ2v) is 8.44. The lowest BCUT2D eigenvalue weighted by molar-refractivity contribution is -0.116. The van der Waals surface area contributed by atoms with Crippen molar-refractivity contribution in [3.63, 3.8) is 0 Å². The van der Waals surface area contributed by atoms with E-state index in [1.54, 1.807) is 35.7 Å². The lowest BCUT2D eigenvalue weighted by Crippen LogP contribution is -2.15. The molecule has 7 heteroatoms. The maximum absolute atomic E-state index is 12.5. The lowest BCUT2D eigenvalue weighted by atomic mass is 10.0. The van der Waals surface area contributed by atoms with Crippen LogP contribution < -0.4 is 5.32 Å². The summed E-state index contributed by atoms with van der Waals surface area (Å²) in [5, 5.41) is 5.51. The highest BCUT2D eigenvalue weighted by Gasteiger charge is 2.22. The van der Waals surface area contributed by atoms with Gasteiger partial charge in [0.15, 0.2) is 5.78 Å². The number of aryl methyl sites for hydroxylation is 2. The van der Waals surface area contributed by atoms with Gasteiger partial charge in [0.25, 0.3) is 0 Å². The molecule has 0 spiro atoms. The number of rotatable bonds is 7. The third-order valence-electron chi connectivity index (χ3n) is 5.00. The van der Waals surface area contributed by atoms with E-state index in [4.69, 9.17) is 16.3 Å². The smallest absolute Gasteiger partial charge is 0.341 e. The Morgan fingerprint density at radius 3 is 2.35 bits per heavy atom. The molecular weight excluding hydrogens is 434 g/mol. The molecule has 3 rings (SSSR count). The zero-order valence-electron chi connectivity index (χ0n) is 17.5. The van der Waals surface area contributed by atoms with Gasteiger partial charge in [-0.1, -0.05) is 35.9 Å². The van der Waals surface area contributed by atoms with E-state index in [1.165, 1.54) is 18.4 Å². The monoisotopic (exact) mass is 455 g/mol. The predicted octanol–water partition coefficient (Wildman–Crippen LogP) is 6.07. The predicted molar refractivity (Wildman–Crippen MR) is 124 cm³/mol. The number of esters is 1. The molecule has 1 heterocycles. The maximum atomic E-state index is 12.5. The molecule has 160 valence electrons. The summed E-state index contributed by atoms with van der Waals surface area (Å²) in [5.74, 6) is -0.987. The molecule has 0 atom stereocenters. The van der Waals surface area contributed by atoms with Gasteiger partial charge in [0, 0.05) is 34.4 Å². The average molecular weight is 456 g/mol. The number of ketones is 1. The number of amides is 1. The number of thiophene rings is 1. The Bertz CT molecular complexity index is 1130. The topological polar surface area (TPSA) is 72.5 Å². The number of halogens is 1. The summed E-state index contributed by atoms with van der Waals surface area (Å²) in [7, 11) is 1.29. The fourth-order valence-electron chi connectivity index (χ4n) is 3.07. The molecule has 5 nitrogen and oxygen atoms in total. The number of benzene rings is 2. The van der Waals surface area contributed by atoms with Gasteiger partial charge < -0.3 is 10.1 Å². The number of Topliss-reactive ketones (excluding diaryl/α,β-unsaturated/α-hetero) is 1. The number of hydrogen-bond donors (Lipinski definition) is 1. The zero-order valence-corrected chi connectivity index (χ0v) is 19.0. The summed E-state index contributed by atoms with van der Waals surface area (Å²) >= 11 is 7.18. The van der Waals surface area contributed by atoms with Crippen LogP contribution in [0.15, 0.2) is 47.8 Å². The highest BCUT2D eigenvalue weighted by molar-refractivity contribution is 7.15. The number of carbonyl (C=O) groups excluding carboxylic acids is 3. The number of methoxy groups -OCH3 is 1. The number of hydrogen-bond acceptors (Lipinski definition) is 5. The lowest BCUT2D eigenvalue weighted by Gasteiger charge is -2.08. The minimum Gasteiger partial charge on any atom is -0.465 e. The molecular formula is C24H22ClNO4S. The van der Waals surface area contributed by atoms with Crippen molar-refractivity contribution in [2.45, 2.75) is 26.7 Å². The van der Waals surface area contributed by atoms with E-state index in [0.29, 0.717) is 21.2 Å². The molecule has 2 aromatic carbocycles. The summed E-state index contributed by atoms with van der Waals surface area (Å²) < 4.78 is 4.92. The molecule has 0 saturated carbocycles. The number of anilines is 1. The third-order valence-corrected chi connectivity index (χ3v) is 6.14. The molecule has 0 saturated heterocycles. The van der Waals surface area contributed by atoms with Crippen LogP contribution in [-0.2, 0) is 9.53 Å². The maximum Gasteiger partial charge on any atom is 0.341 e. The van der Waals surface area contributed by atoms with Crippen LogP contribution in [0.2, 0.25) is 5.02 Å². The first kappa shape index (κ1) is 22.7. The molecule has 0 aliphatic rings. The summed E-state index contributed by atoms with van der Waals surface area (Å²) in [6, 6.07) is 12.6. The molecule has 0 radical (unpaired) electrons. The molecule has 0 aliphatic heterocycles. The molecule has 0 bridgehead atoms. The van der Waals surface area contributed by atoms with Crippen molar-refractivity contribution in [2.24, 2.45) is 0 Å². The minimum absolute atomic E-state index is 0.0144. The molecule has 1 amide bonds. The Hall–Kier alpha value is -2.96. The van der Waals surface area contributed by atoms with Crippen LogP contribution in [0.25, 0.3) is 11.1 Å².